The summed E-state index contributed by atoms with van der Waals surface area (Å²) in [6.07, 6.45) is 0.251. The van der Waals surface area contributed by atoms with Crippen LogP contribution in [-0.4, -0.2) is 15.9 Å². The largest absolute Gasteiger partial charge is 0.416 e. The smallest absolute Gasteiger partial charge is 0.300 e. The molecule has 0 fully saturated rings. The average Bonchev–Trinajstić information content (AvgIpc) is 2.69. The predicted molar refractivity (Wildman–Crippen MR) is 99.9 cm³/mol. The Hall–Kier alpha value is -3.22. The van der Waals surface area contributed by atoms with E-state index in [2.05, 4.69) is 9.97 Å². The first kappa shape index (κ1) is 19.5. The van der Waals surface area contributed by atoms with Crippen molar-refractivity contribution in [3.8, 4) is 0 Å². The summed E-state index contributed by atoms with van der Waals surface area (Å²) < 4.78 is 38.8. The number of pyridine rings is 2. The molecule has 7 heteroatoms. The molecule has 1 aromatic carbocycles. The molecule has 28 heavy (non-hydrogen) atoms. The lowest BCUT2D eigenvalue weighted by Gasteiger charge is -2.30. The number of aryl methyl sites for hydroxylation is 1. The van der Waals surface area contributed by atoms with E-state index in [9.17, 15) is 18.0 Å². The van der Waals surface area contributed by atoms with Gasteiger partial charge in [0.2, 0.25) is 0 Å². The molecule has 1 atom stereocenters. The molecule has 0 radical (unpaired) electrons. The highest BCUT2D eigenvalue weighted by Crippen LogP contribution is 2.33. The Bertz CT molecular complexity index is 957. The molecule has 0 aliphatic heterocycles. The van der Waals surface area contributed by atoms with Crippen LogP contribution in [0.4, 0.5) is 18.9 Å². The summed E-state index contributed by atoms with van der Waals surface area (Å²) in [6, 6.07) is 11.0. The molecule has 0 spiro atoms. The van der Waals surface area contributed by atoms with Crippen LogP contribution >= 0.6 is 0 Å². The van der Waals surface area contributed by atoms with E-state index in [0.29, 0.717) is 22.5 Å². The van der Waals surface area contributed by atoms with Crippen molar-refractivity contribution in [3.05, 3.63) is 89.5 Å². The van der Waals surface area contributed by atoms with Crippen LogP contribution < -0.4 is 4.90 Å². The molecule has 3 aromatic rings. The molecular formula is C21H18F3N3O. The van der Waals surface area contributed by atoms with Gasteiger partial charge in [0, 0.05) is 29.8 Å². The van der Waals surface area contributed by atoms with Gasteiger partial charge in [0.1, 0.15) is 0 Å². The maximum atomic E-state index is 13.3. The Balaban J connectivity index is 2.07. The summed E-state index contributed by atoms with van der Waals surface area (Å²) in [5.74, 6) is -0.335. The minimum absolute atomic E-state index is 0.335. The van der Waals surface area contributed by atoms with Crippen LogP contribution in [0.2, 0.25) is 0 Å². The fourth-order valence-corrected chi connectivity index (χ4v) is 2.93. The SMILES string of the molecule is Cc1cnccc1C(=O)N(c1ccc(C(F)(F)F)cc1)C(C)c1ccccn1. The van der Waals surface area contributed by atoms with Crippen molar-refractivity contribution in [2.24, 2.45) is 0 Å². The Morgan fingerprint density at radius 2 is 1.75 bits per heavy atom. The lowest BCUT2D eigenvalue weighted by Crippen LogP contribution is -2.34. The Morgan fingerprint density at radius 3 is 2.32 bits per heavy atom. The second-order valence-corrected chi connectivity index (χ2v) is 6.34. The minimum atomic E-state index is -4.44. The molecule has 2 heterocycles. The molecule has 1 unspecified atom stereocenters. The number of amides is 1. The molecule has 0 saturated carbocycles. The Labute approximate surface area is 160 Å². The maximum absolute atomic E-state index is 13.3. The van der Waals surface area contributed by atoms with Crippen LogP contribution in [0.5, 0.6) is 0 Å². The van der Waals surface area contributed by atoms with Gasteiger partial charge in [-0.3, -0.25) is 19.7 Å². The molecule has 144 valence electrons. The standard InChI is InChI=1S/C21H18F3N3O/c1-14-13-25-12-10-18(14)20(28)27(15(2)19-5-3-4-11-26-19)17-8-6-16(7-9-17)21(22,23)24/h3-13,15H,1-2H3. The quantitative estimate of drug-likeness (QED) is 0.619. The van der Waals surface area contributed by atoms with Crippen LogP contribution in [0, 0.1) is 6.92 Å². The third-order valence-corrected chi connectivity index (χ3v) is 4.45. The number of alkyl halides is 3. The van der Waals surface area contributed by atoms with Crippen molar-refractivity contribution < 1.29 is 18.0 Å². The van der Waals surface area contributed by atoms with E-state index in [1.165, 1.54) is 23.2 Å². The molecule has 0 saturated heterocycles. The topological polar surface area (TPSA) is 46.1 Å². The van der Waals surface area contributed by atoms with E-state index < -0.39 is 17.8 Å². The normalized spacial score (nSPS) is 12.5. The molecule has 0 bridgehead atoms. The lowest BCUT2D eigenvalue weighted by atomic mass is 10.1. The van der Waals surface area contributed by atoms with Gasteiger partial charge in [-0.15, -0.1) is 0 Å². The van der Waals surface area contributed by atoms with Crippen molar-refractivity contribution in [1.29, 1.82) is 0 Å². The third kappa shape index (κ3) is 4.03. The van der Waals surface area contributed by atoms with Crippen LogP contribution in [-0.2, 0) is 6.18 Å². The van der Waals surface area contributed by atoms with E-state index in [0.717, 1.165) is 12.1 Å². The van der Waals surface area contributed by atoms with Gasteiger partial charge in [-0.2, -0.15) is 13.2 Å². The van der Waals surface area contributed by atoms with Crippen molar-refractivity contribution in [2.45, 2.75) is 26.1 Å². The van der Waals surface area contributed by atoms with Crippen molar-refractivity contribution >= 4 is 11.6 Å². The van der Waals surface area contributed by atoms with Gasteiger partial charge >= 0.3 is 6.18 Å². The van der Waals surface area contributed by atoms with Crippen LogP contribution in [0.3, 0.4) is 0 Å². The zero-order valence-corrected chi connectivity index (χ0v) is 15.3. The summed E-state index contributed by atoms with van der Waals surface area (Å²) in [4.78, 5) is 23.0. The fourth-order valence-electron chi connectivity index (χ4n) is 2.93. The highest BCUT2D eigenvalue weighted by molar-refractivity contribution is 6.07. The molecule has 4 nitrogen and oxygen atoms in total. The minimum Gasteiger partial charge on any atom is -0.300 e. The van der Waals surface area contributed by atoms with Gasteiger partial charge in [-0.05, 0) is 61.9 Å². The van der Waals surface area contributed by atoms with Crippen LogP contribution in [0.15, 0.2) is 67.1 Å². The highest BCUT2D eigenvalue weighted by Gasteiger charge is 2.31. The number of carbonyl (C=O) groups is 1. The zero-order valence-electron chi connectivity index (χ0n) is 15.3. The Morgan fingerprint density at radius 1 is 1.04 bits per heavy atom. The summed E-state index contributed by atoms with van der Waals surface area (Å²) in [7, 11) is 0. The molecule has 0 aliphatic rings. The second kappa shape index (κ2) is 7.80. The summed E-state index contributed by atoms with van der Waals surface area (Å²) in [5, 5.41) is 0. The third-order valence-electron chi connectivity index (χ3n) is 4.45. The van der Waals surface area contributed by atoms with Gasteiger partial charge in [0.15, 0.2) is 0 Å². The number of hydrogen-bond donors (Lipinski definition) is 0. The Kier molecular flexibility index (Phi) is 5.44. The average molecular weight is 385 g/mol. The fraction of sp³-hybridized carbons (Fsp3) is 0.190. The highest BCUT2D eigenvalue weighted by atomic mass is 19.4. The number of halogens is 3. The van der Waals surface area contributed by atoms with Crippen LogP contribution in [0.1, 0.15) is 40.1 Å². The number of carbonyl (C=O) groups excluding carboxylic acids is 1. The number of rotatable bonds is 4. The number of nitrogens with zero attached hydrogens (tertiary/aromatic N) is 3. The summed E-state index contributed by atoms with van der Waals surface area (Å²) >= 11 is 0. The van der Waals surface area contributed by atoms with Crippen molar-refractivity contribution in [2.75, 3.05) is 4.90 Å². The second-order valence-electron chi connectivity index (χ2n) is 6.34. The first-order valence-electron chi connectivity index (χ1n) is 8.61. The number of anilines is 1. The van der Waals surface area contributed by atoms with E-state index in [1.807, 2.05) is 0 Å². The van der Waals surface area contributed by atoms with E-state index in [4.69, 9.17) is 0 Å². The first-order valence-corrected chi connectivity index (χ1v) is 8.61. The lowest BCUT2D eigenvalue weighted by molar-refractivity contribution is -0.137. The van der Waals surface area contributed by atoms with E-state index >= 15 is 0 Å². The van der Waals surface area contributed by atoms with Gasteiger partial charge in [0.25, 0.3) is 5.91 Å². The molecular weight excluding hydrogens is 367 g/mol. The number of benzene rings is 1. The van der Waals surface area contributed by atoms with E-state index in [1.54, 1.807) is 50.5 Å². The molecule has 1 amide bonds. The first-order chi connectivity index (χ1) is 13.3. The van der Waals surface area contributed by atoms with Gasteiger partial charge < -0.3 is 0 Å². The summed E-state index contributed by atoms with van der Waals surface area (Å²) in [6.45, 7) is 3.55. The van der Waals surface area contributed by atoms with Gasteiger partial charge in [-0.1, -0.05) is 6.07 Å². The van der Waals surface area contributed by atoms with Gasteiger partial charge in [-0.25, -0.2) is 0 Å². The van der Waals surface area contributed by atoms with Crippen molar-refractivity contribution in [1.82, 2.24) is 9.97 Å². The molecule has 0 aliphatic carbocycles. The molecule has 0 N–H and O–H groups in total. The molecule has 3 rings (SSSR count). The van der Waals surface area contributed by atoms with Crippen molar-refractivity contribution in [3.63, 3.8) is 0 Å². The van der Waals surface area contributed by atoms with Crippen LogP contribution in [0.25, 0.3) is 0 Å². The van der Waals surface area contributed by atoms with E-state index in [-0.39, 0.29) is 5.91 Å². The van der Waals surface area contributed by atoms with Gasteiger partial charge in [0.05, 0.1) is 17.3 Å². The predicted octanol–water partition coefficient (Wildman–Crippen LogP) is 5.21. The number of aromatic nitrogens is 2. The summed E-state index contributed by atoms with van der Waals surface area (Å²) in [5.41, 5.74) is 1.32. The maximum Gasteiger partial charge on any atom is 0.416 e. The zero-order chi connectivity index (χ0) is 20.3. The molecule has 2 aromatic heterocycles. The monoisotopic (exact) mass is 385 g/mol. The number of hydrogen-bond acceptors (Lipinski definition) is 3.